The van der Waals surface area contributed by atoms with E-state index in [-0.39, 0.29) is 0 Å². The molecule has 1 aromatic heterocycles. The molecule has 0 saturated carbocycles. The van der Waals surface area contributed by atoms with Crippen molar-refractivity contribution in [1.82, 2.24) is 4.98 Å². The Hall–Kier alpha value is -0.570. The maximum Gasteiger partial charge on any atom is 0.140 e. The number of pyridine rings is 1. The minimum atomic E-state index is 0.800. The van der Waals surface area contributed by atoms with E-state index >= 15 is 0 Å². The van der Waals surface area contributed by atoms with Crippen molar-refractivity contribution in [3.05, 3.63) is 24.0 Å². The van der Waals surface area contributed by atoms with E-state index in [9.17, 15) is 0 Å². The summed E-state index contributed by atoms with van der Waals surface area (Å²) in [5.41, 5.74) is 0.970. The Morgan fingerprint density at radius 1 is 1.18 bits per heavy atom. The molecule has 0 atom stereocenters. The minimum Gasteiger partial charge on any atom is -0.492 e. The third-order valence-electron chi connectivity index (χ3n) is 2.24. The van der Waals surface area contributed by atoms with Gasteiger partial charge in [0.15, 0.2) is 0 Å². The summed E-state index contributed by atoms with van der Waals surface area (Å²) in [6, 6.07) is 3.88. The molecule has 2 nitrogen and oxygen atoms in total. The van der Waals surface area contributed by atoms with E-state index in [1.54, 1.807) is 6.20 Å². The van der Waals surface area contributed by atoms with Crippen LogP contribution in [0, 0.1) is 6.92 Å². The monoisotopic (exact) mass is 301 g/mol. The quantitative estimate of drug-likeness (QED) is 0.535. The van der Waals surface area contributed by atoms with E-state index in [1.807, 2.05) is 32.9 Å². The Labute approximate surface area is 114 Å². The zero-order valence-corrected chi connectivity index (χ0v) is 12.8. The summed E-state index contributed by atoms with van der Waals surface area (Å²) in [6.07, 6.45) is 6.69. The molecule has 0 aromatic carbocycles. The average Bonchev–Trinajstić information content (AvgIpc) is 2.38. The lowest BCUT2D eigenvalue weighted by molar-refractivity contribution is 0.302. The van der Waals surface area contributed by atoms with E-state index in [4.69, 9.17) is 4.74 Å². The van der Waals surface area contributed by atoms with Crippen LogP contribution >= 0.6 is 15.9 Å². The molecular formula is C14H24BrNO. The van der Waals surface area contributed by atoms with E-state index < -0.39 is 0 Å². The zero-order chi connectivity index (χ0) is 12.9. The first-order valence-corrected chi connectivity index (χ1v) is 7.57. The molecule has 3 heteroatoms. The number of halogens is 1. The molecule has 1 heterocycles. The average molecular weight is 302 g/mol. The highest BCUT2D eigenvalue weighted by molar-refractivity contribution is 9.09. The molecule has 0 spiro atoms. The van der Waals surface area contributed by atoms with Crippen LogP contribution in [-0.2, 0) is 0 Å². The van der Waals surface area contributed by atoms with Crippen molar-refractivity contribution in [2.24, 2.45) is 0 Å². The minimum absolute atomic E-state index is 0.800. The van der Waals surface area contributed by atoms with Gasteiger partial charge in [-0.15, -0.1) is 0 Å². The number of hydrogen-bond donors (Lipinski definition) is 0. The maximum atomic E-state index is 5.64. The van der Waals surface area contributed by atoms with Crippen LogP contribution in [0.4, 0.5) is 0 Å². The predicted molar refractivity (Wildman–Crippen MR) is 78.1 cm³/mol. The summed E-state index contributed by atoms with van der Waals surface area (Å²) in [4.78, 5) is 4.18. The van der Waals surface area contributed by atoms with Crippen molar-refractivity contribution in [1.29, 1.82) is 0 Å². The first kappa shape index (κ1) is 16.4. The lowest BCUT2D eigenvalue weighted by atomic mass is 10.2. The smallest absolute Gasteiger partial charge is 0.140 e. The molecule has 0 amide bonds. The van der Waals surface area contributed by atoms with Gasteiger partial charge in [0.2, 0.25) is 0 Å². The van der Waals surface area contributed by atoms with Crippen molar-refractivity contribution in [3.63, 3.8) is 0 Å². The number of alkyl halides is 1. The lowest BCUT2D eigenvalue weighted by Crippen LogP contribution is -1.99. The van der Waals surface area contributed by atoms with Crippen molar-refractivity contribution in [2.45, 2.75) is 46.5 Å². The van der Waals surface area contributed by atoms with Crippen LogP contribution < -0.4 is 4.74 Å². The van der Waals surface area contributed by atoms with Gasteiger partial charge in [-0.05, 0) is 31.9 Å². The normalized spacial score (nSPS) is 9.41. The van der Waals surface area contributed by atoms with Gasteiger partial charge >= 0.3 is 0 Å². The zero-order valence-electron chi connectivity index (χ0n) is 11.2. The van der Waals surface area contributed by atoms with Crippen molar-refractivity contribution in [2.75, 3.05) is 11.9 Å². The molecule has 17 heavy (non-hydrogen) atoms. The maximum absolute atomic E-state index is 5.64. The summed E-state index contributed by atoms with van der Waals surface area (Å²) >= 11 is 3.43. The number of hydrogen-bond acceptors (Lipinski definition) is 2. The summed E-state index contributed by atoms with van der Waals surface area (Å²) in [6.45, 7) is 6.77. The first-order chi connectivity index (χ1) is 8.34. The highest BCUT2D eigenvalue weighted by Crippen LogP contribution is 2.14. The number of rotatable bonds is 7. The van der Waals surface area contributed by atoms with E-state index in [0.717, 1.165) is 29.8 Å². The molecule has 0 radical (unpaired) electrons. The molecule has 0 unspecified atom stereocenters. The van der Waals surface area contributed by atoms with Gasteiger partial charge in [-0.3, -0.25) is 4.98 Å². The fourth-order valence-corrected chi connectivity index (χ4v) is 1.75. The number of aryl methyl sites for hydroxylation is 1. The molecule has 98 valence electrons. The third-order valence-corrected chi connectivity index (χ3v) is 2.80. The van der Waals surface area contributed by atoms with Crippen LogP contribution in [0.5, 0.6) is 5.75 Å². The molecule has 0 aliphatic carbocycles. The van der Waals surface area contributed by atoms with Gasteiger partial charge in [-0.25, -0.2) is 0 Å². The molecule has 0 fully saturated rings. The molecule has 0 aliphatic rings. The first-order valence-electron chi connectivity index (χ1n) is 6.45. The van der Waals surface area contributed by atoms with E-state index in [1.165, 1.54) is 19.3 Å². The highest BCUT2D eigenvalue weighted by atomic mass is 79.9. The van der Waals surface area contributed by atoms with Gasteiger partial charge in [-0.1, -0.05) is 42.6 Å². The van der Waals surface area contributed by atoms with Gasteiger partial charge in [0, 0.05) is 11.5 Å². The summed E-state index contributed by atoms with van der Waals surface area (Å²) < 4.78 is 5.64. The Morgan fingerprint density at radius 3 is 2.53 bits per heavy atom. The van der Waals surface area contributed by atoms with Crippen molar-refractivity contribution in [3.8, 4) is 5.75 Å². The molecule has 1 aromatic rings. The number of unbranched alkanes of at least 4 members (excludes halogenated alkanes) is 3. The van der Waals surface area contributed by atoms with Crippen LogP contribution in [0.2, 0.25) is 0 Å². The van der Waals surface area contributed by atoms with Gasteiger partial charge in [0.25, 0.3) is 0 Å². The van der Waals surface area contributed by atoms with Crippen LogP contribution in [0.1, 0.15) is 45.2 Å². The van der Waals surface area contributed by atoms with Crippen LogP contribution in [-0.4, -0.2) is 16.9 Å². The van der Waals surface area contributed by atoms with Gasteiger partial charge in [-0.2, -0.15) is 0 Å². The fraction of sp³-hybridized carbons (Fsp3) is 0.643. The fourth-order valence-electron chi connectivity index (χ4n) is 1.35. The number of nitrogens with zero attached hydrogens (tertiary/aromatic N) is 1. The number of aromatic nitrogens is 1. The summed E-state index contributed by atoms with van der Waals surface area (Å²) in [5.74, 6) is 0.915. The molecule has 0 bridgehead atoms. The Balaban J connectivity index is 0.00000121. The van der Waals surface area contributed by atoms with Crippen molar-refractivity contribution < 1.29 is 4.74 Å². The predicted octanol–water partition coefficient (Wildman–Crippen LogP) is 4.75. The second kappa shape index (κ2) is 11.9. The summed E-state index contributed by atoms with van der Waals surface area (Å²) in [7, 11) is 0. The van der Waals surface area contributed by atoms with Crippen LogP contribution in [0.15, 0.2) is 18.3 Å². The molecule has 1 rings (SSSR count). The van der Waals surface area contributed by atoms with Crippen LogP contribution in [0.25, 0.3) is 0 Å². The standard InChI is InChI=1S/C12H18BrNO.C2H6/c1-11-12(7-6-9-14-11)15-10-5-3-2-4-8-13;1-2/h6-7,9H,2-5,8,10H2,1H3;1-2H3. The molecular weight excluding hydrogens is 278 g/mol. The Morgan fingerprint density at radius 2 is 1.88 bits per heavy atom. The topological polar surface area (TPSA) is 22.1 Å². The van der Waals surface area contributed by atoms with Gasteiger partial charge < -0.3 is 4.74 Å². The van der Waals surface area contributed by atoms with E-state index in [2.05, 4.69) is 20.9 Å². The molecule has 0 N–H and O–H groups in total. The third kappa shape index (κ3) is 8.19. The Bertz CT molecular complexity index is 279. The van der Waals surface area contributed by atoms with Gasteiger partial charge in [0.05, 0.1) is 12.3 Å². The van der Waals surface area contributed by atoms with Crippen LogP contribution in [0.3, 0.4) is 0 Å². The van der Waals surface area contributed by atoms with Gasteiger partial charge in [0.1, 0.15) is 5.75 Å². The van der Waals surface area contributed by atoms with Crippen molar-refractivity contribution >= 4 is 15.9 Å². The number of ether oxygens (including phenoxy) is 1. The molecule has 0 saturated heterocycles. The molecule has 0 aliphatic heterocycles. The second-order valence-corrected chi connectivity index (χ2v) is 4.33. The lowest BCUT2D eigenvalue weighted by Gasteiger charge is -2.07. The largest absolute Gasteiger partial charge is 0.492 e. The second-order valence-electron chi connectivity index (χ2n) is 3.54. The van der Waals surface area contributed by atoms with E-state index in [0.29, 0.717) is 0 Å². The highest BCUT2D eigenvalue weighted by Gasteiger charge is 1.98. The Kier molecular flexibility index (Phi) is 11.5. The summed E-state index contributed by atoms with van der Waals surface area (Å²) in [5, 5.41) is 1.11. The SMILES string of the molecule is CC.Cc1ncccc1OCCCCCCBr.